The Bertz CT molecular complexity index is 1170. The van der Waals surface area contributed by atoms with Gasteiger partial charge in [0.1, 0.15) is 6.10 Å². The largest absolute Gasteiger partial charge is 0.465 e. The van der Waals surface area contributed by atoms with Crippen molar-refractivity contribution in [3.05, 3.63) is 105 Å². The standard InChI is InChI=1S/C29H31Cl2NO4/c1-19-13-21(29(34)35-2)10-11-22(19)17-32-12-6-9-26(28(32)20-7-4-3-5-8-20)36-27(18-33)23-14-24(30)16-25(31)15-23/h3-5,7-8,10-11,13-16,26-28,33H,6,9,12,17-18H2,1-2H3/t26-,27+,28-/m0/s1. The van der Waals surface area contributed by atoms with Gasteiger partial charge in [0.2, 0.25) is 0 Å². The van der Waals surface area contributed by atoms with Crippen molar-refractivity contribution in [1.82, 2.24) is 4.90 Å². The minimum atomic E-state index is -0.543. The predicted molar refractivity (Wildman–Crippen MR) is 143 cm³/mol. The van der Waals surface area contributed by atoms with Gasteiger partial charge in [-0.2, -0.15) is 0 Å². The molecule has 190 valence electrons. The van der Waals surface area contributed by atoms with Gasteiger partial charge >= 0.3 is 5.97 Å². The predicted octanol–water partition coefficient (Wildman–Crippen LogP) is 6.54. The van der Waals surface area contributed by atoms with Gasteiger partial charge in [0.15, 0.2) is 0 Å². The summed E-state index contributed by atoms with van der Waals surface area (Å²) in [5.74, 6) is -0.339. The molecule has 3 atom stereocenters. The zero-order valence-electron chi connectivity index (χ0n) is 20.5. The quantitative estimate of drug-likeness (QED) is 0.337. The number of esters is 1. The highest BCUT2D eigenvalue weighted by molar-refractivity contribution is 6.34. The SMILES string of the molecule is COC(=O)c1ccc(CN2CCC[C@H](O[C@H](CO)c3cc(Cl)cc(Cl)c3)[C@@H]2c2ccccc2)c(C)c1. The van der Waals surface area contributed by atoms with Crippen LogP contribution >= 0.6 is 23.2 Å². The van der Waals surface area contributed by atoms with Crippen LogP contribution in [-0.4, -0.2) is 42.3 Å². The number of nitrogens with zero attached hydrogens (tertiary/aromatic N) is 1. The maximum atomic E-state index is 12.0. The topological polar surface area (TPSA) is 59.0 Å². The van der Waals surface area contributed by atoms with E-state index in [0.29, 0.717) is 22.2 Å². The number of carbonyl (C=O) groups excluding carboxylic acids is 1. The Balaban J connectivity index is 1.62. The first-order valence-corrected chi connectivity index (χ1v) is 12.8. The summed E-state index contributed by atoms with van der Waals surface area (Å²) in [7, 11) is 1.39. The van der Waals surface area contributed by atoms with Gasteiger partial charge in [0.25, 0.3) is 0 Å². The smallest absolute Gasteiger partial charge is 0.337 e. The van der Waals surface area contributed by atoms with Crippen LogP contribution in [0.1, 0.15) is 57.6 Å². The highest BCUT2D eigenvalue weighted by atomic mass is 35.5. The fourth-order valence-electron chi connectivity index (χ4n) is 4.96. The van der Waals surface area contributed by atoms with Gasteiger partial charge in [0, 0.05) is 16.6 Å². The average Bonchev–Trinajstić information content (AvgIpc) is 2.88. The second kappa shape index (κ2) is 12.2. The second-order valence-corrected chi connectivity index (χ2v) is 10.0. The minimum absolute atomic E-state index is 0.0108. The van der Waals surface area contributed by atoms with E-state index in [-0.39, 0.29) is 24.7 Å². The van der Waals surface area contributed by atoms with Gasteiger partial charge in [-0.15, -0.1) is 0 Å². The molecule has 5 nitrogen and oxygen atoms in total. The van der Waals surface area contributed by atoms with E-state index in [0.717, 1.165) is 41.6 Å². The third-order valence-electron chi connectivity index (χ3n) is 6.72. The molecule has 0 aliphatic carbocycles. The lowest BCUT2D eigenvalue weighted by atomic mass is 9.91. The van der Waals surface area contributed by atoms with Gasteiger partial charge in [-0.25, -0.2) is 4.79 Å². The Morgan fingerprint density at radius 3 is 2.44 bits per heavy atom. The van der Waals surface area contributed by atoms with Gasteiger partial charge < -0.3 is 14.6 Å². The number of piperidine rings is 1. The molecular formula is C29H31Cl2NO4. The van der Waals surface area contributed by atoms with Crippen LogP contribution in [0.2, 0.25) is 10.0 Å². The van der Waals surface area contributed by atoms with E-state index in [9.17, 15) is 9.90 Å². The van der Waals surface area contributed by atoms with Crippen molar-refractivity contribution < 1.29 is 19.4 Å². The van der Waals surface area contributed by atoms with Crippen LogP contribution in [0, 0.1) is 6.92 Å². The molecule has 0 unspecified atom stereocenters. The first-order valence-electron chi connectivity index (χ1n) is 12.1. The fourth-order valence-corrected chi connectivity index (χ4v) is 5.50. The molecule has 3 aromatic carbocycles. The molecule has 0 radical (unpaired) electrons. The lowest BCUT2D eigenvalue weighted by molar-refractivity contribution is -0.100. The van der Waals surface area contributed by atoms with Crippen LogP contribution in [0.4, 0.5) is 0 Å². The fraction of sp³-hybridized carbons (Fsp3) is 0.345. The molecule has 1 aliphatic heterocycles. The summed E-state index contributed by atoms with van der Waals surface area (Å²) in [4.78, 5) is 14.4. The summed E-state index contributed by atoms with van der Waals surface area (Å²) < 4.78 is 11.5. The number of methoxy groups -OCH3 is 1. The number of aryl methyl sites for hydroxylation is 1. The van der Waals surface area contributed by atoms with E-state index in [1.807, 2.05) is 43.3 Å². The van der Waals surface area contributed by atoms with Crippen molar-refractivity contribution >= 4 is 29.2 Å². The number of ether oxygens (including phenoxy) is 2. The van der Waals surface area contributed by atoms with Crippen molar-refractivity contribution in [1.29, 1.82) is 0 Å². The van der Waals surface area contributed by atoms with E-state index >= 15 is 0 Å². The summed E-state index contributed by atoms with van der Waals surface area (Å²) in [5, 5.41) is 11.2. The number of benzene rings is 3. The van der Waals surface area contributed by atoms with Gasteiger partial charge in [-0.05, 0) is 78.9 Å². The van der Waals surface area contributed by atoms with Gasteiger partial charge in [-0.3, -0.25) is 4.90 Å². The average molecular weight is 528 g/mol. The zero-order valence-corrected chi connectivity index (χ0v) is 22.0. The Kier molecular flexibility index (Phi) is 9.04. The molecule has 0 aromatic heterocycles. The molecule has 1 aliphatic rings. The minimum Gasteiger partial charge on any atom is -0.465 e. The molecule has 3 aromatic rings. The van der Waals surface area contributed by atoms with Crippen molar-refractivity contribution in [2.24, 2.45) is 0 Å². The van der Waals surface area contributed by atoms with Gasteiger partial charge in [-0.1, -0.05) is 59.6 Å². The third-order valence-corrected chi connectivity index (χ3v) is 7.16. The number of aliphatic hydroxyl groups is 1. The maximum Gasteiger partial charge on any atom is 0.337 e. The number of carbonyl (C=O) groups is 1. The number of halogens is 2. The summed E-state index contributed by atoms with van der Waals surface area (Å²) >= 11 is 12.5. The highest BCUT2D eigenvalue weighted by Gasteiger charge is 2.35. The molecule has 1 N–H and O–H groups in total. The Labute approximate surface area is 222 Å². The van der Waals surface area contributed by atoms with Crippen LogP contribution in [-0.2, 0) is 16.0 Å². The Morgan fingerprint density at radius 1 is 1.08 bits per heavy atom. The summed E-state index contributed by atoms with van der Waals surface area (Å²) in [6.45, 7) is 3.45. The normalized spacial score (nSPS) is 19.1. The van der Waals surface area contributed by atoms with Crippen molar-refractivity contribution in [3.63, 3.8) is 0 Å². The molecule has 36 heavy (non-hydrogen) atoms. The summed E-state index contributed by atoms with van der Waals surface area (Å²) in [6.07, 6.45) is 1.13. The lowest BCUT2D eigenvalue weighted by Crippen LogP contribution is -2.43. The van der Waals surface area contributed by atoms with Crippen LogP contribution < -0.4 is 0 Å². The van der Waals surface area contributed by atoms with Crippen molar-refractivity contribution in [2.45, 2.75) is 44.6 Å². The van der Waals surface area contributed by atoms with E-state index in [1.165, 1.54) is 7.11 Å². The zero-order chi connectivity index (χ0) is 25.7. The molecule has 1 heterocycles. The molecule has 4 rings (SSSR count). The first-order chi connectivity index (χ1) is 17.4. The van der Waals surface area contributed by atoms with Crippen molar-refractivity contribution in [3.8, 4) is 0 Å². The number of hydrogen-bond acceptors (Lipinski definition) is 5. The van der Waals surface area contributed by atoms with E-state index in [1.54, 1.807) is 18.2 Å². The van der Waals surface area contributed by atoms with Gasteiger partial charge in [0.05, 0.1) is 31.4 Å². The van der Waals surface area contributed by atoms with E-state index in [4.69, 9.17) is 32.7 Å². The van der Waals surface area contributed by atoms with E-state index in [2.05, 4.69) is 17.0 Å². The van der Waals surface area contributed by atoms with Crippen LogP contribution in [0.3, 0.4) is 0 Å². The third kappa shape index (κ3) is 6.28. The summed E-state index contributed by atoms with van der Waals surface area (Å²) in [6, 6.07) is 21.3. The number of likely N-dealkylation sites (tertiary alicyclic amines) is 1. The van der Waals surface area contributed by atoms with Crippen molar-refractivity contribution in [2.75, 3.05) is 20.3 Å². The molecule has 1 fully saturated rings. The summed E-state index contributed by atoms with van der Waals surface area (Å²) in [5.41, 5.74) is 4.64. The molecule has 0 bridgehead atoms. The highest BCUT2D eigenvalue weighted by Crippen LogP contribution is 2.38. The van der Waals surface area contributed by atoms with E-state index < -0.39 is 6.10 Å². The molecule has 0 spiro atoms. The first kappa shape index (κ1) is 26.6. The second-order valence-electron chi connectivity index (χ2n) is 9.15. The number of aliphatic hydroxyl groups excluding tert-OH is 1. The molecule has 1 saturated heterocycles. The Morgan fingerprint density at radius 2 is 1.81 bits per heavy atom. The number of hydrogen-bond donors (Lipinski definition) is 1. The molecule has 0 saturated carbocycles. The monoisotopic (exact) mass is 527 g/mol. The Hall–Kier alpha value is -2.41. The molecule has 0 amide bonds. The van der Waals surface area contributed by atoms with Crippen LogP contribution in [0.15, 0.2) is 66.7 Å². The lowest BCUT2D eigenvalue weighted by Gasteiger charge is -2.43. The number of rotatable bonds is 8. The van der Waals surface area contributed by atoms with Crippen LogP contribution in [0.25, 0.3) is 0 Å². The molecular weight excluding hydrogens is 497 g/mol. The maximum absolute atomic E-state index is 12.0. The molecule has 7 heteroatoms. The van der Waals surface area contributed by atoms with Crippen LogP contribution in [0.5, 0.6) is 0 Å².